The summed E-state index contributed by atoms with van der Waals surface area (Å²) < 4.78 is 50.9. The molecule has 2 aromatic heterocycles. The van der Waals surface area contributed by atoms with E-state index in [4.69, 9.17) is 14.2 Å². The number of aromatic carboxylic acids is 1. The summed E-state index contributed by atoms with van der Waals surface area (Å²) in [4.78, 5) is 39.9. The molecule has 1 amide bonds. The van der Waals surface area contributed by atoms with Crippen LogP contribution in [-0.4, -0.2) is 85.9 Å². The Labute approximate surface area is 258 Å². The van der Waals surface area contributed by atoms with Crippen molar-refractivity contribution < 1.29 is 42.8 Å². The maximum absolute atomic E-state index is 15.6. The number of cyclic esters (lactones) is 1. The van der Waals surface area contributed by atoms with Crippen LogP contribution < -0.4 is 24.7 Å². The van der Waals surface area contributed by atoms with E-state index in [1.54, 1.807) is 18.0 Å². The number of halogens is 2. The minimum absolute atomic E-state index is 0.0412. The smallest absolute Gasteiger partial charge is 0.414 e. The lowest BCUT2D eigenvalue weighted by molar-refractivity contribution is 0.00980. The summed E-state index contributed by atoms with van der Waals surface area (Å²) in [7, 11) is 0. The number of rotatable bonds is 8. The average molecular weight is 639 g/mol. The number of nitrogens with zero attached hydrogens (tertiary/aromatic N) is 6. The largest absolute Gasteiger partial charge is 0.487 e. The van der Waals surface area contributed by atoms with Gasteiger partial charge in [-0.25, -0.2) is 23.1 Å². The van der Waals surface area contributed by atoms with Gasteiger partial charge in [0.2, 0.25) is 5.43 Å². The normalized spacial score (nSPS) is 22.0. The van der Waals surface area contributed by atoms with Crippen LogP contribution in [0.4, 0.5) is 25.0 Å². The molecule has 0 aliphatic carbocycles. The Kier molecular flexibility index (Phi) is 7.03. The predicted octanol–water partition coefficient (Wildman–Crippen LogP) is 2.40. The molecular weight excluding hydrogens is 610 g/mol. The van der Waals surface area contributed by atoms with Crippen LogP contribution in [0, 0.1) is 11.6 Å². The SMILES string of the molecule is CCn1cc(C(=O)O)c(=O)c2cc(F)c3c(c21)OC[C@@H]1C[C@@](O)(COc2ccc(N4CC(Cn5ccnn5)OC4=O)cc2F)CN31. The summed E-state index contributed by atoms with van der Waals surface area (Å²) in [5.74, 6) is -3.05. The molecule has 5 heterocycles. The van der Waals surface area contributed by atoms with E-state index in [0.717, 1.165) is 12.1 Å². The molecule has 46 heavy (non-hydrogen) atoms. The topological polar surface area (TPSA) is 161 Å². The first-order chi connectivity index (χ1) is 22.0. The van der Waals surface area contributed by atoms with Crippen molar-refractivity contribution in [2.24, 2.45) is 0 Å². The number of ether oxygens (including phenoxy) is 3. The molecular formula is C30H28F2N6O8. The molecule has 0 spiro atoms. The third kappa shape index (κ3) is 4.94. The van der Waals surface area contributed by atoms with E-state index < -0.39 is 52.4 Å². The van der Waals surface area contributed by atoms with E-state index in [9.17, 15) is 24.6 Å². The second kappa shape index (κ2) is 11.0. The quantitative estimate of drug-likeness (QED) is 0.292. The number of pyridine rings is 1. The second-order valence-corrected chi connectivity index (χ2v) is 11.6. The van der Waals surface area contributed by atoms with Gasteiger partial charge in [0.05, 0.1) is 48.5 Å². The average Bonchev–Trinajstić information content (AvgIpc) is 3.75. The van der Waals surface area contributed by atoms with E-state index in [0.29, 0.717) is 6.54 Å². The Morgan fingerprint density at radius 2 is 2.04 bits per heavy atom. The third-order valence-corrected chi connectivity index (χ3v) is 8.50. The first kappa shape index (κ1) is 29.5. The number of hydrogen-bond acceptors (Lipinski definition) is 10. The highest BCUT2D eigenvalue weighted by molar-refractivity contribution is 5.97. The lowest BCUT2D eigenvalue weighted by Gasteiger charge is -2.34. The van der Waals surface area contributed by atoms with Crippen molar-refractivity contribution in [2.75, 3.05) is 36.1 Å². The molecule has 1 unspecified atom stereocenters. The van der Waals surface area contributed by atoms with Crippen molar-refractivity contribution in [3.63, 3.8) is 0 Å². The van der Waals surface area contributed by atoms with Gasteiger partial charge in [-0.05, 0) is 25.1 Å². The Morgan fingerprint density at radius 1 is 1.22 bits per heavy atom. The third-order valence-electron chi connectivity index (χ3n) is 8.50. The maximum atomic E-state index is 15.6. The van der Waals surface area contributed by atoms with Crippen molar-refractivity contribution >= 4 is 34.3 Å². The van der Waals surface area contributed by atoms with E-state index in [2.05, 4.69) is 10.3 Å². The van der Waals surface area contributed by atoms with E-state index in [-0.39, 0.29) is 73.0 Å². The Morgan fingerprint density at radius 3 is 2.76 bits per heavy atom. The highest BCUT2D eigenvalue weighted by Gasteiger charge is 2.48. The fourth-order valence-electron chi connectivity index (χ4n) is 6.40. The molecule has 16 heteroatoms. The minimum Gasteiger partial charge on any atom is -0.487 e. The Balaban J connectivity index is 1.08. The summed E-state index contributed by atoms with van der Waals surface area (Å²) >= 11 is 0. The number of hydrogen-bond donors (Lipinski definition) is 2. The number of aliphatic hydroxyl groups is 1. The number of benzene rings is 2. The van der Waals surface area contributed by atoms with Crippen molar-refractivity contribution in [3.05, 3.63) is 70.3 Å². The number of carbonyl (C=O) groups is 2. The fourth-order valence-corrected chi connectivity index (χ4v) is 6.40. The van der Waals surface area contributed by atoms with Gasteiger partial charge in [-0.1, -0.05) is 5.21 Å². The van der Waals surface area contributed by atoms with Crippen LogP contribution in [0.5, 0.6) is 11.5 Å². The molecule has 0 saturated carbocycles. The van der Waals surface area contributed by atoms with Crippen molar-refractivity contribution in [2.45, 2.75) is 44.2 Å². The van der Waals surface area contributed by atoms with Crippen LogP contribution in [0.1, 0.15) is 23.7 Å². The molecule has 2 aromatic carbocycles. The predicted molar refractivity (Wildman–Crippen MR) is 157 cm³/mol. The van der Waals surface area contributed by atoms with Gasteiger partial charge in [-0.2, -0.15) is 0 Å². The Hall–Kier alpha value is -5.25. The summed E-state index contributed by atoms with van der Waals surface area (Å²) in [6, 6.07) is 4.55. The van der Waals surface area contributed by atoms with Gasteiger partial charge in [0.25, 0.3) is 0 Å². The van der Waals surface area contributed by atoms with Gasteiger partial charge in [0, 0.05) is 31.4 Å². The number of carboxylic acid groups (broad SMARTS) is 1. The molecule has 14 nitrogen and oxygen atoms in total. The first-order valence-electron chi connectivity index (χ1n) is 14.5. The molecule has 3 atom stereocenters. The van der Waals surface area contributed by atoms with Gasteiger partial charge in [0.1, 0.15) is 36.2 Å². The molecule has 2 fully saturated rings. The van der Waals surface area contributed by atoms with Gasteiger partial charge >= 0.3 is 12.1 Å². The zero-order valence-electron chi connectivity index (χ0n) is 24.4. The molecule has 4 aromatic rings. The molecule has 0 bridgehead atoms. The van der Waals surface area contributed by atoms with Crippen molar-refractivity contribution in [1.82, 2.24) is 19.6 Å². The number of fused-ring (bicyclic) bond motifs is 5. The Bertz CT molecular complexity index is 1930. The highest BCUT2D eigenvalue weighted by Crippen LogP contribution is 2.46. The minimum atomic E-state index is -1.52. The van der Waals surface area contributed by atoms with Crippen LogP contribution >= 0.6 is 0 Å². The number of aryl methyl sites for hydroxylation is 1. The zero-order valence-corrected chi connectivity index (χ0v) is 24.4. The van der Waals surface area contributed by atoms with Crippen LogP contribution in [0.25, 0.3) is 10.9 Å². The van der Waals surface area contributed by atoms with E-state index >= 15 is 8.78 Å². The number of aromatic nitrogens is 4. The molecule has 3 aliphatic heterocycles. The molecule has 2 saturated heterocycles. The molecule has 2 N–H and O–H groups in total. The van der Waals surface area contributed by atoms with E-state index in [1.165, 1.54) is 38.7 Å². The van der Waals surface area contributed by atoms with E-state index in [1.807, 2.05) is 0 Å². The van der Waals surface area contributed by atoms with Crippen LogP contribution in [0.2, 0.25) is 0 Å². The molecule has 240 valence electrons. The number of amides is 1. The zero-order chi connectivity index (χ0) is 32.3. The highest BCUT2D eigenvalue weighted by atomic mass is 19.1. The maximum Gasteiger partial charge on any atom is 0.414 e. The molecule has 0 radical (unpaired) electrons. The van der Waals surface area contributed by atoms with Gasteiger partial charge in [-0.15, -0.1) is 5.10 Å². The number of anilines is 2. The van der Waals surface area contributed by atoms with Crippen LogP contribution in [-0.2, 0) is 17.8 Å². The number of carbonyl (C=O) groups excluding carboxylic acids is 1. The molecule has 3 aliphatic rings. The lowest BCUT2D eigenvalue weighted by atomic mass is 10.0. The van der Waals surface area contributed by atoms with Gasteiger partial charge in [0.15, 0.2) is 23.1 Å². The standard InChI is InChI=1S/C30H28F2N6O8/c1-2-35-12-20(28(40)41)26(39)19-8-22(32)25-27(24(19)35)44-13-17-9-30(43,14-38(17)25)15-45-23-4-3-16(7-21(23)31)37-11-18(46-29(37)42)10-36-6-5-33-34-36/h3-8,12,17-18,43H,2,9-11,13-15H2,1H3,(H,40,41)/t17-,18?,30-/m0/s1. The summed E-state index contributed by atoms with van der Waals surface area (Å²) in [5, 5.41) is 28.4. The summed E-state index contributed by atoms with van der Waals surface area (Å²) in [6.45, 7) is 2.16. The first-order valence-corrected chi connectivity index (χ1v) is 14.5. The van der Waals surface area contributed by atoms with Gasteiger partial charge < -0.3 is 33.9 Å². The van der Waals surface area contributed by atoms with Crippen molar-refractivity contribution in [1.29, 1.82) is 0 Å². The summed E-state index contributed by atoms with van der Waals surface area (Å²) in [6.07, 6.45) is 3.34. The van der Waals surface area contributed by atoms with Crippen LogP contribution in [0.15, 0.2) is 47.7 Å². The summed E-state index contributed by atoms with van der Waals surface area (Å²) in [5.41, 5.74) is -2.26. The lowest BCUT2D eigenvalue weighted by Crippen LogP contribution is -2.41. The number of carboxylic acids is 1. The monoisotopic (exact) mass is 638 g/mol. The van der Waals surface area contributed by atoms with Crippen molar-refractivity contribution in [3.8, 4) is 11.5 Å². The second-order valence-electron chi connectivity index (χ2n) is 11.6. The molecule has 7 rings (SSSR count). The van der Waals surface area contributed by atoms with Crippen LogP contribution in [0.3, 0.4) is 0 Å². The fraction of sp³-hybridized carbons (Fsp3) is 0.367. The van der Waals surface area contributed by atoms with Gasteiger partial charge in [-0.3, -0.25) is 9.69 Å².